The van der Waals surface area contributed by atoms with Crippen molar-refractivity contribution >= 4 is 5.69 Å². The number of rotatable bonds is 4. The van der Waals surface area contributed by atoms with Crippen LogP contribution in [0.5, 0.6) is 11.6 Å². The lowest BCUT2D eigenvalue weighted by atomic mass is 10.1. The van der Waals surface area contributed by atoms with Crippen LogP contribution in [0.15, 0.2) is 36.5 Å². The third-order valence-electron chi connectivity index (χ3n) is 2.78. The van der Waals surface area contributed by atoms with E-state index in [4.69, 9.17) is 15.7 Å². The summed E-state index contributed by atoms with van der Waals surface area (Å²) in [5.41, 5.74) is 6.34. The largest absolute Gasteiger partial charge is 0.431 e. The quantitative estimate of drug-likeness (QED) is 0.681. The van der Waals surface area contributed by atoms with Crippen molar-refractivity contribution in [2.75, 3.05) is 0 Å². The van der Waals surface area contributed by atoms with Crippen LogP contribution in [-0.2, 0) is 0 Å². The summed E-state index contributed by atoms with van der Waals surface area (Å²) in [4.78, 5) is 14.5. The lowest BCUT2D eigenvalue weighted by Crippen LogP contribution is -2.07. The molecular formula is C14H12N4O3. The van der Waals surface area contributed by atoms with Crippen LogP contribution in [0.4, 0.5) is 5.69 Å². The van der Waals surface area contributed by atoms with Crippen LogP contribution < -0.4 is 10.5 Å². The number of aromatic nitrogens is 1. The number of hydrogen-bond acceptors (Lipinski definition) is 6. The maximum atomic E-state index is 11.1. The van der Waals surface area contributed by atoms with Crippen LogP contribution >= 0.6 is 0 Å². The predicted molar refractivity (Wildman–Crippen MR) is 74.7 cm³/mol. The van der Waals surface area contributed by atoms with E-state index in [9.17, 15) is 10.1 Å². The fraction of sp³-hybridized carbons (Fsp3) is 0.143. The SMILES string of the molecule is C[C@@H](N)c1cccnc1Oc1ccc(C#N)cc1[N+](=O)[O-]. The van der Waals surface area contributed by atoms with Gasteiger partial charge in [0.05, 0.1) is 16.6 Å². The normalized spacial score (nSPS) is 11.5. The molecule has 106 valence electrons. The summed E-state index contributed by atoms with van der Waals surface area (Å²) in [6, 6.07) is 8.93. The number of hydrogen-bond donors (Lipinski definition) is 1. The highest BCUT2D eigenvalue weighted by Gasteiger charge is 2.19. The number of pyridine rings is 1. The Hall–Kier alpha value is -2.98. The maximum Gasteiger partial charge on any atom is 0.312 e. The summed E-state index contributed by atoms with van der Waals surface area (Å²) in [6.07, 6.45) is 1.51. The molecule has 7 heteroatoms. The summed E-state index contributed by atoms with van der Waals surface area (Å²) in [7, 11) is 0. The molecule has 0 amide bonds. The van der Waals surface area contributed by atoms with Gasteiger partial charge in [-0.05, 0) is 25.1 Å². The van der Waals surface area contributed by atoms with Crippen molar-refractivity contribution in [3.05, 3.63) is 57.8 Å². The van der Waals surface area contributed by atoms with Gasteiger partial charge >= 0.3 is 5.69 Å². The molecule has 2 rings (SSSR count). The Morgan fingerprint density at radius 2 is 2.24 bits per heavy atom. The third kappa shape index (κ3) is 3.13. The van der Waals surface area contributed by atoms with Gasteiger partial charge in [-0.2, -0.15) is 5.26 Å². The number of nitriles is 1. The number of nitrogens with two attached hydrogens (primary N) is 1. The van der Waals surface area contributed by atoms with E-state index in [0.717, 1.165) is 6.07 Å². The molecule has 0 bridgehead atoms. The van der Waals surface area contributed by atoms with Crippen molar-refractivity contribution < 1.29 is 9.66 Å². The molecular weight excluding hydrogens is 272 g/mol. The van der Waals surface area contributed by atoms with E-state index < -0.39 is 4.92 Å². The standard InChI is InChI=1S/C14H12N4O3/c1-9(16)11-3-2-6-17-14(11)21-13-5-4-10(8-15)7-12(13)18(19)20/h2-7,9H,16H2,1H3/t9-/m1/s1. The van der Waals surface area contributed by atoms with Gasteiger partial charge in [0.1, 0.15) is 0 Å². The molecule has 0 radical (unpaired) electrons. The van der Waals surface area contributed by atoms with Crippen molar-refractivity contribution in [2.45, 2.75) is 13.0 Å². The number of ether oxygens (including phenoxy) is 1. The van der Waals surface area contributed by atoms with Crippen LogP contribution in [0.1, 0.15) is 24.1 Å². The molecule has 7 nitrogen and oxygen atoms in total. The van der Waals surface area contributed by atoms with Crippen molar-refractivity contribution in [2.24, 2.45) is 5.73 Å². The highest BCUT2D eigenvalue weighted by Crippen LogP contribution is 2.33. The van der Waals surface area contributed by atoms with Crippen molar-refractivity contribution in [1.29, 1.82) is 5.26 Å². The molecule has 0 aliphatic heterocycles. The fourth-order valence-corrected chi connectivity index (χ4v) is 1.76. The second kappa shape index (κ2) is 5.98. The molecule has 1 heterocycles. The lowest BCUT2D eigenvalue weighted by molar-refractivity contribution is -0.385. The van der Waals surface area contributed by atoms with E-state index in [1.165, 1.54) is 18.3 Å². The number of nitro benzene ring substituents is 1. The molecule has 1 aromatic carbocycles. The first-order valence-corrected chi connectivity index (χ1v) is 6.10. The summed E-state index contributed by atoms with van der Waals surface area (Å²) >= 11 is 0. The van der Waals surface area contributed by atoms with Gasteiger partial charge in [-0.25, -0.2) is 4.98 Å². The summed E-state index contributed by atoms with van der Waals surface area (Å²) in [5.74, 6) is 0.222. The van der Waals surface area contributed by atoms with Crippen LogP contribution in [0.3, 0.4) is 0 Å². The molecule has 2 N–H and O–H groups in total. The monoisotopic (exact) mass is 284 g/mol. The Balaban J connectivity index is 2.45. The molecule has 0 aliphatic carbocycles. The smallest absolute Gasteiger partial charge is 0.312 e. The Labute approximate surface area is 120 Å². The van der Waals surface area contributed by atoms with Crippen molar-refractivity contribution in [1.82, 2.24) is 4.98 Å². The molecule has 0 unspecified atom stereocenters. The molecule has 0 fully saturated rings. The first kappa shape index (κ1) is 14.4. The third-order valence-corrected chi connectivity index (χ3v) is 2.78. The van der Waals surface area contributed by atoms with Crippen LogP contribution in [-0.4, -0.2) is 9.91 Å². The van der Waals surface area contributed by atoms with Crippen molar-refractivity contribution in [3.63, 3.8) is 0 Å². The van der Waals surface area contributed by atoms with Crippen LogP contribution in [0.25, 0.3) is 0 Å². The van der Waals surface area contributed by atoms with E-state index in [2.05, 4.69) is 4.98 Å². The minimum atomic E-state index is -0.606. The molecule has 1 atom stereocenters. The van der Waals surface area contributed by atoms with Gasteiger partial charge in [0.2, 0.25) is 11.6 Å². The summed E-state index contributed by atoms with van der Waals surface area (Å²) in [6.45, 7) is 1.76. The minimum absolute atomic E-state index is 0.0135. The Morgan fingerprint density at radius 1 is 1.48 bits per heavy atom. The van der Waals surface area contributed by atoms with E-state index in [-0.39, 0.29) is 28.9 Å². The zero-order valence-corrected chi connectivity index (χ0v) is 11.2. The molecule has 2 aromatic rings. The number of nitro groups is 1. The average Bonchev–Trinajstić information content (AvgIpc) is 2.47. The molecule has 0 aliphatic rings. The number of nitrogens with zero attached hydrogens (tertiary/aromatic N) is 3. The predicted octanol–water partition coefficient (Wildman–Crippen LogP) is 2.67. The van der Waals surface area contributed by atoms with Gasteiger partial charge in [-0.3, -0.25) is 10.1 Å². The van der Waals surface area contributed by atoms with E-state index in [0.29, 0.717) is 5.56 Å². The maximum absolute atomic E-state index is 11.1. The number of benzene rings is 1. The fourth-order valence-electron chi connectivity index (χ4n) is 1.76. The summed E-state index contributed by atoms with van der Waals surface area (Å²) in [5, 5.41) is 19.9. The van der Waals surface area contributed by atoms with Crippen LogP contribution in [0.2, 0.25) is 0 Å². The second-order valence-corrected chi connectivity index (χ2v) is 4.34. The first-order valence-electron chi connectivity index (χ1n) is 6.10. The topological polar surface area (TPSA) is 115 Å². The molecule has 0 saturated heterocycles. The van der Waals surface area contributed by atoms with E-state index in [1.807, 2.05) is 6.07 Å². The minimum Gasteiger partial charge on any atom is -0.431 e. The van der Waals surface area contributed by atoms with Crippen molar-refractivity contribution in [3.8, 4) is 17.7 Å². The zero-order chi connectivity index (χ0) is 15.4. The Morgan fingerprint density at radius 3 is 2.86 bits per heavy atom. The van der Waals surface area contributed by atoms with Gasteiger partial charge in [-0.15, -0.1) is 0 Å². The van der Waals surface area contributed by atoms with Gasteiger partial charge in [0.25, 0.3) is 0 Å². The van der Waals surface area contributed by atoms with E-state index >= 15 is 0 Å². The zero-order valence-electron chi connectivity index (χ0n) is 11.2. The van der Waals surface area contributed by atoms with Gasteiger partial charge < -0.3 is 10.5 Å². The first-order chi connectivity index (χ1) is 10.0. The van der Waals surface area contributed by atoms with Gasteiger partial charge in [0, 0.05) is 23.9 Å². The lowest BCUT2D eigenvalue weighted by Gasteiger charge is -2.12. The van der Waals surface area contributed by atoms with E-state index in [1.54, 1.807) is 19.1 Å². The molecule has 1 aromatic heterocycles. The van der Waals surface area contributed by atoms with Gasteiger partial charge in [-0.1, -0.05) is 6.07 Å². The Kier molecular flexibility index (Phi) is 4.11. The summed E-state index contributed by atoms with van der Waals surface area (Å²) < 4.78 is 5.52. The highest BCUT2D eigenvalue weighted by atomic mass is 16.6. The average molecular weight is 284 g/mol. The molecule has 0 spiro atoms. The van der Waals surface area contributed by atoms with Crippen LogP contribution in [0, 0.1) is 21.4 Å². The second-order valence-electron chi connectivity index (χ2n) is 4.34. The Bertz CT molecular complexity index is 722. The molecule has 0 saturated carbocycles. The highest BCUT2D eigenvalue weighted by molar-refractivity contribution is 5.53. The van der Waals surface area contributed by atoms with Gasteiger partial charge in [0.15, 0.2) is 0 Å². The molecule has 21 heavy (non-hydrogen) atoms.